The van der Waals surface area contributed by atoms with Crippen LogP contribution in [0.2, 0.25) is 5.02 Å². The van der Waals surface area contributed by atoms with Crippen molar-refractivity contribution in [1.29, 1.82) is 0 Å². The molecule has 0 radical (unpaired) electrons. The number of methoxy groups -OCH3 is 1. The number of anilines is 2. The highest BCUT2D eigenvalue weighted by Gasteiger charge is 2.38. The Bertz CT molecular complexity index is 1720. The Balaban J connectivity index is 1.84. The molecule has 0 saturated carbocycles. The van der Waals surface area contributed by atoms with Gasteiger partial charge in [0.1, 0.15) is 17.6 Å². The second-order valence-corrected chi connectivity index (χ2v) is 13.4. The second kappa shape index (κ2) is 13.1. The van der Waals surface area contributed by atoms with Crippen LogP contribution in [-0.4, -0.2) is 55.2 Å². The first kappa shape index (κ1) is 32.6. The van der Waals surface area contributed by atoms with E-state index in [1.807, 2.05) is 0 Å². The summed E-state index contributed by atoms with van der Waals surface area (Å²) in [4.78, 5) is 39.1. The molecule has 0 spiro atoms. The van der Waals surface area contributed by atoms with Gasteiger partial charge in [-0.3, -0.25) is 14.9 Å². The summed E-state index contributed by atoms with van der Waals surface area (Å²) in [7, 11) is -2.45. The van der Waals surface area contributed by atoms with Gasteiger partial charge in [-0.2, -0.15) is 0 Å². The maximum absolute atomic E-state index is 15.0. The molecule has 0 bridgehead atoms. The van der Waals surface area contributed by atoms with Crippen LogP contribution in [0.25, 0.3) is 0 Å². The van der Waals surface area contributed by atoms with Gasteiger partial charge in [0.2, 0.25) is 11.8 Å². The fraction of sp³-hybridized carbons (Fsp3) is 0.300. The number of nitrogens with one attached hydrogen (secondary N) is 2. The molecule has 1 aliphatic heterocycles. The van der Waals surface area contributed by atoms with Gasteiger partial charge in [0, 0.05) is 17.8 Å². The smallest absolute Gasteiger partial charge is 0.409 e. The maximum atomic E-state index is 15.0. The highest BCUT2D eigenvalue weighted by atomic mass is 35.5. The number of nitrogens with two attached hydrogens (primary N) is 1. The minimum absolute atomic E-state index is 0.0131. The van der Waals surface area contributed by atoms with Crippen molar-refractivity contribution in [3.05, 3.63) is 82.1 Å². The molecule has 44 heavy (non-hydrogen) atoms. The number of likely N-dealkylation sites (tertiary alicyclic amines) is 1. The zero-order chi connectivity index (χ0) is 32.3. The highest BCUT2D eigenvalue weighted by molar-refractivity contribution is 7.92. The number of hydrogen-bond donors (Lipinski definition) is 4. The minimum atomic E-state index is -3.85. The fourth-order valence-corrected chi connectivity index (χ4v) is 6.61. The van der Waals surface area contributed by atoms with E-state index in [9.17, 15) is 27.9 Å². The molecule has 3 aromatic rings. The van der Waals surface area contributed by atoms with Gasteiger partial charge in [-0.1, -0.05) is 17.7 Å². The molecule has 0 unspecified atom stereocenters. The molecule has 1 aliphatic rings. The predicted molar refractivity (Wildman–Crippen MR) is 163 cm³/mol. The van der Waals surface area contributed by atoms with Crippen molar-refractivity contribution in [3.63, 3.8) is 0 Å². The molecule has 1 fully saturated rings. The van der Waals surface area contributed by atoms with Gasteiger partial charge in [0.15, 0.2) is 9.84 Å². The topological polar surface area (TPSA) is 168 Å². The number of ether oxygens (including phenoxy) is 1. The molecule has 14 heteroatoms. The Kier molecular flexibility index (Phi) is 9.69. The lowest BCUT2D eigenvalue weighted by Gasteiger charge is -2.32. The van der Waals surface area contributed by atoms with Crippen LogP contribution in [0.1, 0.15) is 60.3 Å². The van der Waals surface area contributed by atoms with Crippen LogP contribution in [0, 0.1) is 5.82 Å². The molecule has 2 atom stereocenters. The van der Waals surface area contributed by atoms with E-state index in [0.29, 0.717) is 18.4 Å². The lowest BCUT2D eigenvalue weighted by Crippen LogP contribution is -2.38. The van der Waals surface area contributed by atoms with Gasteiger partial charge < -0.3 is 25.8 Å². The van der Waals surface area contributed by atoms with E-state index in [0.717, 1.165) is 6.07 Å². The van der Waals surface area contributed by atoms with Crippen LogP contribution in [0.4, 0.5) is 20.6 Å². The van der Waals surface area contributed by atoms with Gasteiger partial charge in [-0.05, 0) is 86.3 Å². The number of rotatable bonds is 10. The summed E-state index contributed by atoms with van der Waals surface area (Å²) in [6.07, 6.45) is -0.447. The van der Waals surface area contributed by atoms with Crippen molar-refractivity contribution in [3.8, 4) is 5.75 Å². The Hall–Kier alpha value is -4.36. The number of hydrogen-bond acceptors (Lipinski definition) is 7. The van der Waals surface area contributed by atoms with Crippen LogP contribution in [0.3, 0.4) is 0 Å². The van der Waals surface area contributed by atoms with Crippen LogP contribution in [0.15, 0.2) is 59.5 Å². The molecule has 1 heterocycles. The third-order valence-electron chi connectivity index (χ3n) is 7.39. The number of carboxylic acid groups (broad SMARTS) is 1. The lowest BCUT2D eigenvalue weighted by molar-refractivity contribution is -0.133. The van der Waals surface area contributed by atoms with E-state index < -0.39 is 50.9 Å². The summed E-state index contributed by atoms with van der Waals surface area (Å²) in [5.74, 6) is -1.82. The van der Waals surface area contributed by atoms with E-state index in [1.165, 1.54) is 68.3 Å². The average Bonchev–Trinajstić information content (AvgIpc) is 3.46. The molecule has 4 rings (SSSR count). The molecule has 3 amide bonds. The quantitative estimate of drug-likeness (QED) is 0.228. The number of sulfone groups is 1. The van der Waals surface area contributed by atoms with Crippen LogP contribution in [-0.2, 0) is 14.6 Å². The SMILES string of the molecule is COc1cc([C@H](Nc2cc(C(N)=O)ccc2F)C(=O)N2CCC[C@@H]2c2cc(NC(=O)O)ccc2S(=O)(=O)C(C)C)ccc1Cl. The van der Waals surface area contributed by atoms with E-state index >= 15 is 4.39 Å². The first-order chi connectivity index (χ1) is 20.7. The van der Waals surface area contributed by atoms with Crippen molar-refractivity contribution in [1.82, 2.24) is 4.90 Å². The average molecular weight is 647 g/mol. The predicted octanol–water partition coefficient (Wildman–Crippen LogP) is 5.38. The number of benzene rings is 3. The number of carbonyl (C=O) groups is 3. The van der Waals surface area contributed by atoms with Crippen LogP contribution < -0.4 is 21.1 Å². The van der Waals surface area contributed by atoms with E-state index in [4.69, 9.17) is 22.1 Å². The Morgan fingerprint density at radius 2 is 1.84 bits per heavy atom. The van der Waals surface area contributed by atoms with Crippen LogP contribution >= 0.6 is 11.6 Å². The van der Waals surface area contributed by atoms with Crippen molar-refractivity contribution in [2.45, 2.75) is 48.9 Å². The summed E-state index contributed by atoms with van der Waals surface area (Å²) < 4.78 is 47.1. The van der Waals surface area contributed by atoms with Crippen molar-refractivity contribution < 1.29 is 37.0 Å². The molecule has 5 N–H and O–H groups in total. The normalized spacial score (nSPS) is 15.6. The van der Waals surface area contributed by atoms with E-state index in [-0.39, 0.29) is 44.7 Å². The second-order valence-electron chi connectivity index (χ2n) is 10.5. The maximum Gasteiger partial charge on any atom is 0.409 e. The van der Waals surface area contributed by atoms with Crippen LogP contribution in [0.5, 0.6) is 5.75 Å². The third kappa shape index (κ3) is 6.73. The molecule has 234 valence electrons. The highest BCUT2D eigenvalue weighted by Crippen LogP contribution is 2.40. The first-order valence-corrected chi connectivity index (χ1v) is 15.5. The van der Waals surface area contributed by atoms with Gasteiger partial charge in [-0.25, -0.2) is 17.6 Å². The van der Waals surface area contributed by atoms with Gasteiger partial charge in [-0.15, -0.1) is 0 Å². The van der Waals surface area contributed by atoms with Crippen molar-refractivity contribution in [2.24, 2.45) is 5.73 Å². The summed E-state index contributed by atoms with van der Waals surface area (Å²) in [6, 6.07) is 10.2. The van der Waals surface area contributed by atoms with Crippen molar-refractivity contribution in [2.75, 3.05) is 24.3 Å². The third-order valence-corrected chi connectivity index (χ3v) is 9.93. The number of halogens is 2. The lowest BCUT2D eigenvalue weighted by atomic mass is 10.0. The molecule has 0 aliphatic carbocycles. The zero-order valence-electron chi connectivity index (χ0n) is 24.1. The summed E-state index contributed by atoms with van der Waals surface area (Å²) in [6.45, 7) is 3.29. The van der Waals surface area contributed by atoms with Crippen molar-refractivity contribution >= 4 is 50.7 Å². The number of amides is 3. The number of carbonyl (C=O) groups excluding carboxylic acids is 2. The number of nitrogens with zero attached hydrogens (tertiary/aromatic N) is 1. The van der Waals surface area contributed by atoms with Gasteiger partial charge >= 0.3 is 6.09 Å². The summed E-state index contributed by atoms with van der Waals surface area (Å²) >= 11 is 6.23. The molecule has 0 aromatic heterocycles. The molecule has 11 nitrogen and oxygen atoms in total. The number of primary amides is 1. The summed E-state index contributed by atoms with van der Waals surface area (Å²) in [5.41, 5.74) is 5.98. The molecular formula is C30H32ClFN4O7S. The van der Waals surface area contributed by atoms with E-state index in [2.05, 4.69) is 10.6 Å². The standard InChI is InChI=1S/C30H32ClFN4O7S/c1-16(2)44(41,42)26-11-8-19(34-30(39)40)15-20(26)24-5-4-12-36(24)29(38)27(17-6-9-21(31)25(14-17)43-3)35-23-13-18(28(33)37)7-10-22(23)32/h6-11,13-16,24,27,34-35H,4-5,12H2,1-3H3,(H2,33,37)(H,39,40)/t24-,27+/m1/s1. The zero-order valence-corrected chi connectivity index (χ0v) is 25.7. The van der Waals surface area contributed by atoms with E-state index in [1.54, 1.807) is 6.07 Å². The minimum Gasteiger partial charge on any atom is -0.495 e. The Labute approximate surface area is 259 Å². The Morgan fingerprint density at radius 3 is 2.48 bits per heavy atom. The fourth-order valence-electron chi connectivity index (χ4n) is 5.13. The molecular weight excluding hydrogens is 615 g/mol. The largest absolute Gasteiger partial charge is 0.495 e. The Morgan fingerprint density at radius 1 is 1.11 bits per heavy atom. The van der Waals surface area contributed by atoms with Gasteiger partial charge in [0.25, 0.3) is 0 Å². The molecule has 1 saturated heterocycles. The molecule has 3 aromatic carbocycles. The summed E-state index contributed by atoms with van der Waals surface area (Å²) in [5, 5.41) is 13.9. The van der Waals surface area contributed by atoms with Gasteiger partial charge in [0.05, 0.1) is 34.0 Å². The first-order valence-electron chi connectivity index (χ1n) is 13.6. The monoisotopic (exact) mass is 646 g/mol.